The highest BCUT2D eigenvalue weighted by Gasteiger charge is 2.28. The molecule has 1 aromatic rings. The molecule has 2 amide bonds. The van der Waals surface area contributed by atoms with E-state index in [0.717, 1.165) is 5.56 Å². The van der Waals surface area contributed by atoms with Crippen LogP contribution in [-0.2, 0) is 25.5 Å². The van der Waals surface area contributed by atoms with E-state index in [2.05, 4.69) is 15.4 Å². The molecule has 0 aliphatic rings. The maximum Gasteiger partial charge on any atom is 0.408 e. The van der Waals surface area contributed by atoms with Gasteiger partial charge in [-0.1, -0.05) is 52.9 Å². The summed E-state index contributed by atoms with van der Waals surface area (Å²) in [4.78, 5) is 36.5. The molecule has 26 heavy (non-hydrogen) atoms. The lowest BCUT2D eigenvalue weighted by Crippen LogP contribution is -2.53. The molecule has 0 spiro atoms. The molecular formula is C18H25IN2O5. The van der Waals surface area contributed by atoms with Crippen molar-refractivity contribution < 1.29 is 23.9 Å². The van der Waals surface area contributed by atoms with E-state index >= 15 is 0 Å². The Bertz CT molecular complexity index is 616. The summed E-state index contributed by atoms with van der Waals surface area (Å²) in [7, 11) is 1.26. The molecule has 0 aliphatic carbocycles. The van der Waals surface area contributed by atoms with E-state index in [1.54, 1.807) is 20.8 Å². The Hall–Kier alpha value is -1.84. The van der Waals surface area contributed by atoms with Crippen LogP contribution in [-0.4, -0.2) is 47.2 Å². The predicted molar refractivity (Wildman–Crippen MR) is 106 cm³/mol. The molecule has 0 bridgehead atoms. The molecule has 0 aliphatic heterocycles. The molecule has 2 atom stereocenters. The van der Waals surface area contributed by atoms with Gasteiger partial charge in [-0.3, -0.25) is 4.79 Å². The summed E-state index contributed by atoms with van der Waals surface area (Å²) in [5.41, 5.74) is 0.182. The first kappa shape index (κ1) is 22.2. The second kappa shape index (κ2) is 10.3. The van der Waals surface area contributed by atoms with Crippen LogP contribution < -0.4 is 10.6 Å². The zero-order chi connectivity index (χ0) is 19.7. The van der Waals surface area contributed by atoms with Crippen molar-refractivity contribution in [1.82, 2.24) is 10.6 Å². The zero-order valence-electron chi connectivity index (χ0n) is 15.4. The van der Waals surface area contributed by atoms with E-state index in [1.165, 1.54) is 7.11 Å². The minimum atomic E-state index is -0.887. The van der Waals surface area contributed by atoms with Crippen LogP contribution in [0.5, 0.6) is 0 Å². The summed E-state index contributed by atoms with van der Waals surface area (Å²) in [6.45, 7) is 5.21. The number of ether oxygens (including phenoxy) is 2. The molecule has 1 aromatic carbocycles. The third kappa shape index (κ3) is 8.03. The van der Waals surface area contributed by atoms with E-state index in [-0.39, 0.29) is 6.42 Å². The van der Waals surface area contributed by atoms with Crippen LogP contribution in [0.2, 0.25) is 0 Å². The molecule has 0 radical (unpaired) electrons. The Kier molecular flexibility index (Phi) is 8.83. The van der Waals surface area contributed by atoms with Gasteiger partial charge in [0.25, 0.3) is 0 Å². The van der Waals surface area contributed by atoms with Gasteiger partial charge in [0.1, 0.15) is 17.7 Å². The van der Waals surface area contributed by atoms with Gasteiger partial charge in [0.15, 0.2) is 0 Å². The summed E-state index contributed by atoms with van der Waals surface area (Å²) in [5, 5.41) is 5.20. The van der Waals surface area contributed by atoms with Crippen molar-refractivity contribution in [2.75, 3.05) is 11.5 Å². The monoisotopic (exact) mass is 476 g/mol. The topological polar surface area (TPSA) is 93.7 Å². The quantitative estimate of drug-likeness (QED) is 0.358. The van der Waals surface area contributed by atoms with E-state index in [9.17, 15) is 14.4 Å². The van der Waals surface area contributed by atoms with E-state index in [4.69, 9.17) is 4.74 Å². The number of rotatable bonds is 7. The predicted octanol–water partition coefficient (Wildman–Crippen LogP) is 2.22. The number of carbonyl (C=O) groups is 3. The van der Waals surface area contributed by atoms with Crippen LogP contribution in [0.4, 0.5) is 4.79 Å². The van der Waals surface area contributed by atoms with Crippen LogP contribution in [0.25, 0.3) is 0 Å². The van der Waals surface area contributed by atoms with Crippen molar-refractivity contribution in [3.8, 4) is 0 Å². The van der Waals surface area contributed by atoms with Crippen molar-refractivity contribution in [3.05, 3.63) is 35.9 Å². The molecule has 1 rings (SSSR count). The second-order valence-corrected chi connectivity index (χ2v) is 7.51. The third-order valence-corrected chi connectivity index (χ3v) is 4.13. The van der Waals surface area contributed by atoms with Gasteiger partial charge in [-0.05, 0) is 26.3 Å². The first-order chi connectivity index (χ1) is 12.2. The van der Waals surface area contributed by atoms with E-state index in [0.29, 0.717) is 4.43 Å². The largest absolute Gasteiger partial charge is 0.467 e. The van der Waals surface area contributed by atoms with Crippen molar-refractivity contribution in [2.24, 2.45) is 0 Å². The van der Waals surface area contributed by atoms with Crippen molar-refractivity contribution in [1.29, 1.82) is 0 Å². The average Bonchev–Trinajstić information content (AvgIpc) is 2.57. The summed E-state index contributed by atoms with van der Waals surface area (Å²) < 4.78 is 10.3. The number of methoxy groups -OCH3 is 1. The molecule has 7 nitrogen and oxygen atoms in total. The van der Waals surface area contributed by atoms with Crippen molar-refractivity contribution >= 4 is 40.6 Å². The lowest BCUT2D eigenvalue weighted by Gasteiger charge is -2.24. The number of carbonyl (C=O) groups excluding carboxylic acids is 3. The van der Waals surface area contributed by atoms with Crippen LogP contribution in [0.15, 0.2) is 30.3 Å². The molecule has 0 heterocycles. The highest BCUT2D eigenvalue weighted by atomic mass is 127. The van der Waals surface area contributed by atoms with E-state index in [1.807, 2.05) is 52.9 Å². The molecular weight excluding hydrogens is 451 g/mol. The second-order valence-electron chi connectivity index (χ2n) is 6.63. The Balaban J connectivity index is 2.89. The first-order valence-electron chi connectivity index (χ1n) is 8.14. The number of alkyl carbamates (subject to hydrolysis) is 1. The van der Waals surface area contributed by atoms with Gasteiger partial charge < -0.3 is 20.1 Å². The molecule has 0 unspecified atom stereocenters. The molecule has 0 aromatic heterocycles. The summed E-state index contributed by atoms with van der Waals surface area (Å²) >= 11 is 1.98. The summed E-state index contributed by atoms with van der Waals surface area (Å²) in [5.74, 6) is -1.02. The van der Waals surface area contributed by atoms with Gasteiger partial charge in [-0.25, -0.2) is 9.59 Å². The maximum atomic E-state index is 12.6. The number of nitrogens with one attached hydrogen (secondary N) is 2. The molecule has 2 N–H and O–H groups in total. The van der Waals surface area contributed by atoms with Crippen molar-refractivity contribution in [3.63, 3.8) is 0 Å². The Labute approximate surface area is 167 Å². The van der Waals surface area contributed by atoms with E-state index < -0.39 is 35.7 Å². The molecule has 0 saturated carbocycles. The van der Waals surface area contributed by atoms with Gasteiger partial charge in [0, 0.05) is 10.8 Å². The van der Waals surface area contributed by atoms with Crippen LogP contribution in [0.1, 0.15) is 26.3 Å². The number of amides is 2. The highest BCUT2D eigenvalue weighted by molar-refractivity contribution is 14.1. The lowest BCUT2D eigenvalue weighted by molar-refractivity contribution is -0.144. The highest BCUT2D eigenvalue weighted by Crippen LogP contribution is 2.09. The first-order valence-corrected chi connectivity index (χ1v) is 9.66. The number of benzene rings is 1. The molecule has 8 heteroatoms. The minimum absolute atomic E-state index is 0.265. The number of hydrogen-bond donors (Lipinski definition) is 2. The van der Waals surface area contributed by atoms with Gasteiger partial charge in [-0.2, -0.15) is 0 Å². The van der Waals surface area contributed by atoms with Crippen molar-refractivity contribution in [2.45, 2.75) is 44.9 Å². The number of esters is 1. The number of halogens is 1. The Morgan fingerprint density at radius 1 is 1.08 bits per heavy atom. The van der Waals surface area contributed by atoms with Gasteiger partial charge in [0.2, 0.25) is 5.91 Å². The minimum Gasteiger partial charge on any atom is -0.467 e. The maximum absolute atomic E-state index is 12.6. The van der Waals surface area contributed by atoms with Gasteiger partial charge in [0.05, 0.1) is 7.11 Å². The van der Waals surface area contributed by atoms with Gasteiger partial charge in [-0.15, -0.1) is 0 Å². The van der Waals surface area contributed by atoms with Crippen LogP contribution in [0.3, 0.4) is 0 Å². The number of hydrogen-bond acceptors (Lipinski definition) is 5. The molecule has 144 valence electrons. The summed E-state index contributed by atoms with van der Waals surface area (Å²) in [6.07, 6.45) is -0.432. The smallest absolute Gasteiger partial charge is 0.408 e. The SMILES string of the molecule is COC(=O)[C@H](CI)NC(=O)[C@H](Cc1ccccc1)NC(=O)OC(C)(C)C. The fraction of sp³-hybridized carbons (Fsp3) is 0.500. The van der Waals surface area contributed by atoms with Crippen LogP contribution >= 0.6 is 22.6 Å². The Morgan fingerprint density at radius 2 is 1.69 bits per heavy atom. The third-order valence-electron chi connectivity index (χ3n) is 3.25. The standard InChI is InChI=1S/C18H25IN2O5/c1-18(2,3)26-17(24)21-13(10-12-8-6-5-7-9-12)15(22)20-14(11-19)16(23)25-4/h5-9,13-14H,10-11H2,1-4H3,(H,20,22)(H,21,24)/t13-,14-/m0/s1. The fourth-order valence-corrected chi connectivity index (χ4v) is 2.66. The number of alkyl halides is 1. The lowest BCUT2D eigenvalue weighted by atomic mass is 10.1. The van der Waals surface area contributed by atoms with Gasteiger partial charge >= 0.3 is 12.1 Å². The molecule has 0 fully saturated rings. The molecule has 0 saturated heterocycles. The summed E-state index contributed by atoms with van der Waals surface area (Å²) in [6, 6.07) is 7.60. The Morgan fingerprint density at radius 3 is 2.19 bits per heavy atom. The average molecular weight is 476 g/mol. The zero-order valence-corrected chi connectivity index (χ0v) is 17.5. The van der Waals surface area contributed by atoms with Crippen LogP contribution in [0, 0.1) is 0 Å². The fourth-order valence-electron chi connectivity index (χ4n) is 2.08. The normalized spacial score (nSPS) is 13.3.